The maximum Gasteiger partial charge on any atom is 0.407 e. The molecule has 0 unspecified atom stereocenters. The summed E-state index contributed by atoms with van der Waals surface area (Å²) in [5.41, 5.74) is -0.683. The molecular weight excluding hydrogens is 702 g/mol. The molecule has 0 spiro atoms. The lowest BCUT2D eigenvalue weighted by Crippen LogP contribution is -2.56. The van der Waals surface area contributed by atoms with E-state index in [-0.39, 0.29) is 25.5 Å². The largest absolute Gasteiger partial charge is 0.472 e. The topological polar surface area (TPSA) is 196 Å². The number of nitrogens with one attached hydrogen (secondary N) is 2. The van der Waals surface area contributed by atoms with Crippen LogP contribution in [-0.4, -0.2) is 86.2 Å². The van der Waals surface area contributed by atoms with Gasteiger partial charge in [-0.1, -0.05) is 40.2 Å². The summed E-state index contributed by atoms with van der Waals surface area (Å²) < 4.78 is 45.5. The van der Waals surface area contributed by atoms with Gasteiger partial charge >= 0.3 is 12.1 Å². The van der Waals surface area contributed by atoms with Gasteiger partial charge < -0.3 is 24.4 Å². The minimum Gasteiger partial charge on any atom is -0.472 e. The number of amides is 2. The number of carbonyl (C=O) groups is 3. The number of hydrogen-bond donors (Lipinski definition) is 2. The molecule has 1 saturated heterocycles. The van der Waals surface area contributed by atoms with Crippen molar-refractivity contribution in [2.75, 3.05) is 26.8 Å². The van der Waals surface area contributed by atoms with Crippen LogP contribution in [0, 0.1) is 10.1 Å². The van der Waals surface area contributed by atoms with E-state index in [1.165, 1.54) is 12.1 Å². The molecule has 15 nitrogen and oxygen atoms in total. The van der Waals surface area contributed by atoms with Crippen molar-refractivity contribution in [3.63, 3.8) is 0 Å². The minimum atomic E-state index is -4.55. The van der Waals surface area contributed by atoms with Gasteiger partial charge in [0, 0.05) is 35.1 Å². The first kappa shape index (κ1) is 35.2. The van der Waals surface area contributed by atoms with Gasteiger partial charge in [-0.25, -0.2) is 27.7 Å². The van der Waals surface area contributed by atoms with Crippen molar-refractivity contribution in [3.8, 4) is 5.88 Å². The van der Waals surface area contributed by atoms with Gasteiger partial charge in [-0.15, -0.1) is 6.58 Å². The predicted molar refractivity (Wildman–Crippen MR) is 172 cm³/mol. The number of halogens is 1. The van der Waals surface area contributed by atoms with Gasteiger partial charge in [0.25, 0.3) is 5.69 Å². The van der Waals surface area contributed by atoms with E-state index < -0.39 is 68.2 Å². The number of hydrogen-bond acceptors (Lipinski definition) is 11. The molecule has 0 saturated carbocycles. The third-order valence-electron chi connectivity index (χ3n) is 7.19. The molecule has 47 heavy (non-hydrogen) atoms. The fourth-order valence-corrected chi connectivity index (χ4v) is 6.51. The Morgan fingerprint density at radius 1 is 1.23 bits per heavy atom. The predicted octanol–water partition coefficient (Wildman–Crippen LogP) is 3.47. The van der Waals surface area contributed by atoms with E-state index in [2.05, 4.69) is 37.5 Å². The molecule has 2 aromatic carbocycles. The zero-order chi connectivity index (χ0) is 34.1. The average Bonchev–Trinajstić information content (AvgIpc) is 3.48. The Morgan fingerprint density at radius 3 is 2.72 bits per heavy atom. The molecule has 1 aromatic heterocycles. The number of pyridine rings is 1. The van der Waals surface area contributed by atoms with E-state index in [1.54, 1.807) is 18.3 Å². The van der Waals surface area contributed by atoms with Gasteiger partial charge in [-0.05, 0) is 42.5 Å². The molecule has 1 fully saturated rings. The summed E-state index contributed by atoms with van der Waals surface area (Å²) >= 11 is 3.43. The van der Waals surface area contributed by atoms with Gasteiger partial charge in [-0.2, -0.15) is 0 Å². The van der Waals surface area contributed by atoms with E-state index >= 15 is 0 Å². The summed E-state index contributed by atoms with van der Waals surface area (Å²) in [6.07, 6.45) is 2.45. The number of ether oxygens (including phenoxy) is 3. The second-order valence-corrected chi connectivity index (χ2v) is 13.0. The summed E-state index contributed by atoms with van der Waals surface area (Å²) in [6.45, 7) is 2.70. The van der Waals surface area contributed by atoms with E-state index in [0.29, 0.717) is 18.2 Å². The fourth-order valence-electron chi connectivity index (χ4n) is 4.93. The highest BCUT2D eigenvalue weighted by Gasteiger charge is 2.44. The number of nitro benzene ring substituents is 1. The summed E-state index contributed by atoms with van der Waals surface area (Å²) in [6, 6.07) is 9.25. The van der Waals surface area contributed by atoms with Crippen molar-refractivity contribution in [1.29, 1.82) is 0 Å². The molecule has 1 aliphatic heterocycles. The van der Waals surface area contributed by atoms with Crippen molar-refractivity contribution in [3.05, 3.63) is 82.0 Å². The molecule has 4 rings (SSSR count). The van der Waals surface area contributed by atoms with Crippen LogP contribution in [0.25, 0.3) is 10.8 Å². The molecule has 0 radical (unpaired) electrons. The quantitative estimate of drug-likeness (QED) is 0.0809. The molecule has 0 aliphatic carbocycles. The number of nitrogens with zero attached hydrogens (tertiary/aromatic N) is 3. The second-order valence-electron chi connectivity index (χ2n) is 10.3. The van der Waals surface area contributed by atoms with Crippen LogP contribution in [0.5, 0.6) is 5.88 Å². The number of esters is 1. The van der Waals surface area contributed by atoms with Crippen molar-refractivity contribution >= 4 is 60.4 Å². The third kappa shape index (κ3) is 8.81. The zero-order valence-electron chi connectivity index (χ0n) is 25.2. The number of sulfonamides is 1. The van der Waals surface area contributed by atoms with E-state index in [4.69, 9.17) is 14.2 Å². The Hall–Kier alpha value is -4.61. The molecule has 17 heteroatoms. The van der Waals surface area contributed by atoms with Gasteiger partial charge in [0.1, 0.15) is 18.2 Å². The number of unbranched alkanes of at least 4 members (excludes halogenated alkanes) is 1. The molecule has 2 N–H and O–H groups in total. The number of likely N-dealkylation sites (tertiary alicyclic amines) is 1. The monoisotopic (exact) mass is 733 g/mol. The number of benzene rings is 2. The number of methoxy groups -OCH3 is 1. The summed E-state index contributed by atoms with van der Waals surface area (Å²) in [4.78, 5) is 54.9. The van der Waals surface area contributed by atoms with Crippen LogP contribution < -0.4 is 14.8 Å². The van der Waals surface area contributed by atoms with Crippen LogP contribution in [0.1, 0.15) is 19.3 Å². The van der Waals surface area contributed by atoms with Crippen LogP contribution in [0.2, 0.25) is 0 Å². The van der Waals surface area contributed by atoms with E-state index in [9.17, 15) is 32.9 Å². The number of aromatic nitrogens is 1. The van der Waals surface area contributed by atoms with Crippen molar-refractivity contribution in [2.45, 2.75) is 42.3 Å². The minimum absolute atomic E-state index is 0.00510. The van der Waals surface area contributed by atoms with Gasteiger partial charge in [0.05, 0.1) is 25.2 Å². The SMILES string of the molecule is C=CCCCOC(=O)N[C@@H](CNS(=O)(=O)c1ccccc1[N+](=O)[O-])C(=O)N1C[C@H](Oc2nccc3ccc(Br)cc23)C[C@H]1C(=O)OC. The van der Waals surface area contributed by atoms with Crippen molar-refractivity contribution in [1.82, 2.24) is 19.9 Å². The third-order valence-corrected chi connectivity index (χ3v) is 9.16. The lowest BCUT2D eigenvalue weighted by atomic mass is 10.1. The average molecular weight is 735 g/mol. The lowest BCUT2D eigenvalue weighted by Gasteiger charge is -2.27. The van der Waals surface area contributed by atoms with Crippen LogP contribution >= 0.6 is 15.9 Å². The molecular formula is C30H32BrN5O10S. The number of para-hydroxylation sites is 1. The fraction of sp³-hybridized carbons (Fsp3) is 0.333. The smallest absolute Gasteiger partial charge is 0.407 e. The van der Waals surface area contributed by atoms with Crippen LogP contribution in [0.15, 0.2) is 76.8 Å². The molecule has 0 bridgehead atoms. The highest BCUT2D eigenvalue weighted by Crippen LogP contribution is 2.30. The second kappa shape index (κ2) is 15.8. The number of fused-ring (bicyclic) bond motifs is 1. The number of carbonyl (C=O) groups excluding carboxylic acids is 3. The molecule has 1 aliphatic rings. The Balaban J connectivity index is 1.59. The molecule has 3 aromatic rings. The first-order valence-corrected chi connectivity index (χ1v) is 16.6. The van der Waals surface area contributed by atoms with Gasteiger partial charge in [0.15, 0.2) is 4.90 Å². The van der Waals surface area contributed by atoms with Crippen LogP contribution in [-0.2, 0) is 29.1 Å². The number of rotatable bonds is 14. The van der Waals surface area contributed by atoms with Crippen molar-refractivity contribution < 1.29 is 41.9 Å². The lowest BCUT2D eigenvalue weighted by molar-refractivity contribution is -0.387. The maximum atomic E-state index is 14.0. The van der Waals surface area contributed by atoms with Gasteiger partial charge in [0.2, 0.25) is 21.8 Å². The Bertz CT molecular complexity index is 1770. The first-order valence-electron chi connectivity index (χ1n) is 14.3. The van der Waals surface area contributed by atoms with E-state index in [0.717, 1.165) is 34.0 Å². The molecule has 2 amide bonds. The summed E-state index contributed by atoms with van der Waals surface area (Å²) in [5.74, 6) is -1.35. The standard InChI is InChI=1S/C30H32BrN5O10S/c1-3-4-7-14-45-30(39)34-23(17-33-47(42,43)26-9-6-5-8-24(26)36(40)41)28(37)35-18-21(16-25(35)29(38)44-2)46-27-22-15-20(31)11-10-19(22)12-13-32-27/h3,5-6,8-13,15,21,23,25,33H,1,4,7,14,16-18H2,2H3,(H,34,39)/t21-,23+,25+/m1/s1. The number of allylic oxidation sites excluding steroid dienone is 1. The van der Waals surface area contributed by atoms with Gasteiger partial charge in [-0.3, -0.25) is 14.9 Å². The number of alkyl carbamates (subject to hydrolysis) is 1. The highest BCUT2D eigenvalue weighted by atomic mass is 79.9. The van der Waals surface area contributed by atoms with Crippen LogP contribution in [0.4, 0.5) is 10.5 Å². The Morgan fingerprint density at radius 2 is 2.00 bits per heavy atom. The van der Waals surface area contributed by atoms with Crippen LogP contribution in [0.3, 0.4) is 0 Å². The molecule has 2 heterocycles. The molecule has 3 atom stereocenters. The Labute approximate surface area is 278 Å². The number of nitro groups is 1. The van der Waals surface area contributed by atoms with Crippen molar-refractivity contribution in [2.24, 2.45) is 0 Å². The first-order chi connectivity index (χ1) is 22.4. The zero-order valence-corrected chi connectivity index (χ0v) is 27.6. The Kier molecular flexibility index (Phi) is 11.8. The van der Waals surface area contributed by atoms with E-state index in [1.807, 2.05) is 18.2 Å². The highest BCUT2D eigenvalue weighted by molar-refractivity contribution is 9.10. The molecule has 250 valence electrons. The summed E-state index contributed by atoms with van der Waals surface area (Å²) in [5, 5.41) is 15.4. The summed E-state index contributed by atoms with van der Waals surface area (Å²) in [7, 11) is -3.40. The maximum absolute atomic E-state index is 14.0. The normalized spacial score (nSPS) is 16.7.